The highest BCUT2D eigenvalue weighted by Gasteiger charge is 2.28. The molecule has 0 radical (unpaired) electrons. The van der Waals surface area contributed by atoms with Crippen molar-refractivity contribution >= 4 is 21.6 Å². The van der Waals surface area contributed by atoms with Crippen molar-refractivity contribution < 1.29 is 26.0 Å². The minimum atomic E-state index is -4.48. The van der Waals surface area contributed by atoms with E-state index in [9.17, 15) is 26.0 Å². The van der Waals surface area contributed by atoms with Crippen molar-refractivity contribution in [1.82, 2.24) is 10.0 Å². The molecule has 120 valence electrons. The molecule has 0 bridgehead atoms. The minimum Gasteiger partial charge on any atom is -0.316 e. The molecule has 1 rings (SSSR count). The van der Waals surface area contributed by atoms with E-state index in [4.69, 9.17) is 11.6 Å². The van der Waals surface area contributed by atoms with Crippen molar-refractivity contribution in [2.75, 3.05) is 13.6 Å². The lowest BCUT2D eigenvalue weighted by atomic mass is 10.2. The first-order valence-electron chi connectivity index (χ1n) is 5.76. The Bertz CT molecular complexity index is 605. The maximum absolute atomic E-state index is 13.6. The van der Waals surface area contributed by atoms with Gasteiger partial charge < -0.3 is 5.32 Å². The van der Waals surface area contributed by atoms with Crippen molar-refractivity contribution in [2.24, 2.45) is 0 Å². The van der Waals surface area contributed by atoms with Gasteiger partial charge in [-0.1, -0.05) is 11.6 Å². The predicted octanol–water partition coefficient (Wildman–Crippen LogP) is 2.43. The smallest absolute Gasteiger partial charge is 0.316 e. The maximum Gasteiger partial charge on any atom is 0.390 e. The summed E-state index contributed by atoms with van der Waals surface area (Å²) in [5.74, 6) is -0.958. The zero-order valence-corrected chi connectivity index (χ0v) is 12.5. The molecule has 0 fully saturated rings. The molecular weight excluding hydrogens is 336 g/mol. The summed E-state index contributed by atoms with van der Waals surface area (Å²) in [6.07, 6.45) is -5.79. The number of sulfonamides is 1. The molecule has 0 spiro atoms. The second-order valence-corrected chi connectivity index (χ2v) is 6.32. The number of benzene rings is 1. The van der Waals surface area contributed by atoms with Crippen LogP contribution in [0.2, 0.25) is 5.02 Å². The number of hydrogen-bond donors (Lipinski definition) is 2. The Morgan fingerprint density at radius 1 is 1.29 bits per heavy atom. The molecule has 0 unspecified atom stereocenters. The molecule has 1 aromatic carbocycles. The van der Waals surface area contributed by atoms with Crippen molar-refractivity contribution in [3.63, 3.8) is 0 Å². The zero-order chi connectivity index (χ0) is 16.3. The summed E-state index contributed by atoms with van der Waals surface area (Å²) < 4.78 is 75.0. The van der Waals surface area contributed by atoms with E-state index < -0.39 is 39.9 Å². The van der Waals surface area contributed by atoms with Crippen molar-refractivity contribution in [3.05, 3.63) is 28.5 Å². The molecule has 0 aliphatic rings. The van der Waals surface area contributed by atoms with Crippen LogP contribution in [-0.2, 0) is 16.6 Å². The molecule has 0 aliphatic carbocycles. The van der Waals surface area contributed by atoms with Crippen LogP contribution in [0.25, 0.3) is 0 Å². The Morgan fingerprint density at radius 2 is 1.90 bits per heavy atom. The molecule has 4 nitrogen and oxygen atoms in total. The molecule has 0 saturated carbocycles. The van der Waals surface area contributed by atoms with Gasteiger partial charge in [0.15, 0.2) is 0 Å². The van der Waals surface area contributed by atoms with E-state index in [1.165, 1.54) is 0 Å². The molecule has 0 saturated heterocycles. The largest absolute Gasteiger partial charge is 0.390 e. The fourth-order valence-electron chi connectivity index (χ4n) is 1.50. The average Bonchev–Trinajstić information content (AvgIpc) is 2.32. The van der Waals surface area contributed by atoms with Crippen LogP contribution < -0.4 is 10.0 Å². The van der Waals surface area contributed by atoms with E-state index in [-0.39, 0.29) is 17.1 Å². The number of rotatable bonds is 6. The van der Waals surface area contributed by atoms with Crippen LogP contribution in [0.5, 0.6) is 0 Å². The standard InChI is InChI=1S/C11H13ClF4N2O2S/c1-17-6-7-4-8(5-9(13)10(7)12)21(19,20)18-3-2-11(14,15)16/h4-5,17-18H,2-3,6H2,1H3. The molecule has 0 aliphatic heterocycles. The molecule has 0 heterocycles. The first kappa shape index (κ1) is 18.1. The normalized spacial score (nSPS) is 12.7. The second kappa shape index (κ2) is 6.91. The van der Waals surface area contributed by atoms with Gasteiger partial charge >= 0.3 is 6.18 Å². The summed E-state index contributed by atoms with van der Waals surface area (Å²) in [7, 11) is -2.69. The lowest BCUT2D eigenvalue weighted by Gasteiger charge is -2.11. The first-order chi connectivity index (χ1) is 9.57. The van der Waals surface area contributed by atoms with E-state index in [1.54, 1.807) is 11.8 Å². The van der Waals surface area contributed by atoms with Gasteiger partial charge in [0.05, 0.1) is 16.3 Å². The highest BCUT2D eigenvalue weighted by Crippen LogP contribution is 2.25. The summed E-state index contributed by atoms with van der Waals surface area (Å²) >= 11 is 5.68. The van der Waals surface area contributed by atoms with E-state index in [2.05, 4.69) is 5.32 Å². The fraction of sp³-hybridized carbons (Fsp3) is 0.455. The third kappa shape index (κ3) is 5.42. The number of halogens is 5. The molecule has 0 amide bonds. The predicted molar refractivity (Wildman–Crippen MR) is 70.0 cm³/mol. The summed E-state index contributed by atoms with van der Waals surface area (Å²) in [6.45, 7) is -0.709. The van der Waals surface area contributed by atoms with Crippen LogP contribution in [0.3, 0.4) is 0 Å². The third-order valence-corrected chi connectivity index (χ3v) is 4.32. The Balaban J connectivity index is 2.98. The Kier molecular flexibility index (Phi) is 5.97. The summed E-state index contributed by atoms with van der Waals surface area (Å²) in [6, 6.07) is 1.77. The minimum absolute atomic E-state index is 0.113. The van der Waals surface area contributed by atoms with Crippen LogP contribution in [-0.4, -0.2) is 28.2 Å². The molecule has 2 N–H and O–H groups in total. The highest BCUT2D eigenvalue weighted by molar-refractivity contribution is 7.89. The van der Waals surface area contributed by atoms with Crippen LogP contribution in [0.4, 0.5) is 17.6 Å². The number of alkyl halides is 3. The Labute approximate surface area is 124 Å². The van der Waals surface area contributed by atoms with Crippen LogP contribution in [0.15, 0.2) is 17.0 Å². The Morgan fingerprint density at radius 3 is 2.43 bits per heavy atom. The second-order valence-electron chi connectivity index (χ2n) is 4.17. The lowest BCUT2D eigenvalue weighted by molar-refractivity contribution is -0.132. The summed E-state index contributed by atoms with van der Waals surface area (Å²) in [5, 5.41) is 2.44. The fourth-order valence-corrected chi connectivity index (χ4v) is 2.77. The van der Waals surface area contributed by atoms with Crippen LogP contribution in [0, 0.1) is 5.82 Å². The molecule has 0 aromatic heterocycles. The third-order valence-electron chi connectivity index (χ3n) is 2.46. The number of nitrogens with one attached hydrogen (secondary N) is 2. The maximum atomic E-state index is 13.6. The molecular formula is C11H13ClF4N2O2S. The monoisotopic (exact) mass is 348 g/mol. The van der Waals surface area contributed by atoms with Crippen molar-refractivity contribution in [1.29, 1.82) is 0 Å². The van der Waals surface area contributed by atoms with Gasteiger partial charge in [-0.25, -0.2) is 17.5 Å². The van der Waals surface area contributed by atoms with E-state index in [0.717, 1.165) is 6.07 Å². The summed E-state index contributed by atoms with van der Waals surface area (Å²) in [4.78, 5) is -0.475. The van der Waals surface area contributed by atoms with Crippen LogP contribution in [0.1, 0.15) is 12.0 Å². The molecule has 21 heavy (non-hydrogen) atoms. The van der Waals surface area contributed by atoms with Gasteiger partial charge in [0.2, 0.25) is 10.0 Å². The molecule has 1 aromatic rings. The van der Waals surface area contributed by atoms with Crippen molar-refractivity contribution in [3.8, 4) is 0 Å². The van der Waals surface area contributed by atoms with Gasteiger partial charge in [0.1, 0.15) is 5.82 Å². The van der Waals surface area contributed by atoms with Gasteiger partial charge in [-0.15, -0.1) is 0 Å². The van der Waals surface area contributed by atoms with Gasteiger partial charge in [-0.3, -0.25) is 0 Å². The van der Waals surface area contributed by atoms with E-state index in [0.29, 0.717) is 6.07 Å². The molecule has 10 heteroatoms. The van der Waals surface area contributed by atoms with E-state index >= 15 is 0 Å². The van der Waals surface area contributed by atoms with Gasteiger partial charge in [0, 0.05) is 13.1 Å². The topological polar surface area (TPSA) is 58.2 Å². The van der Waals surface area contributed by atoms with Gasteiger partial charge in [-0.05, 0) is 24.7 Å². The summed E-state index contributed by atoms with van der Waals surface area (Å²) in [5.41, 5.74) is 0.190. The quantitative estimate of drug-likeness (QED) is 0.776. The van der Waals surface area contributed by atoms with Crippen LogP contribution >= 0.6 is 11.6 Å². The molecule has 0 atom stereocenters. The average molecular weight is 349 g/mol. The van der Waals surface area contributed by atoms with Gasteiger partial charge in [0.25, 0.3) is 0 Å². The zero-order valence-electron chi connectivity index (χ0n) is 10.9. The van der Waals surface area contributed by atoms with Crippen molar-refractivity contribution in [2.45, 2.75) is 24.0 Å². The van der Waals surface area contributed by atoms with E-state index in [1.807, 2.05) is 0 Å². The SMILES string of the molecule is CNCc1cc(S(=O)(=O)NCCC(F)(F)F)cc(F)c1Cl. The Hall–Kier alpha value is -0.900. The lowest BCUT2D eigenvalue weighted by Crippen LogP contribution is -2.28. The van der Waals surface area contributed by atoms with Gasteiger partial charge in [-0.2, -0.15) is 13.2 Å². The number of hydrogen-bond acceptors (Lipinski definition) is 3. The first-order valence-corrected chi connectivity index (χ1v) is 7.62. The highest BCUT2D eigenvalue weighted by atomic mass is 35.5.